The van der Waals surface area contributed by atoms with Crippen LogP contribution in [0.2, 0.25) is 0 Å². The first-order valence-electron chi connectivity index (χ1n) is 11.2. The minimum Gasteiger partial charge on any atom is -0.378 e. The average Bonchev–Trinajstić information content (AvgIpc) is 3.48. The number of fused-ring (bicyclic) bond motifs is 1. The van der Waals surface area contributed by atoms with E-state index in [9.17, 15) is 18.0 Å². The number of carbonyl (C=O) groups excluding carboxylic acids is 1. The zero-order valence-electron chi connectivity index (χ0n) is 19.1. The lowest BCUT2D eigenvalue weighted by molar-refractivity contribution is -0.132. The predicted molar refractivity (Wildman–Crippen MR) is 129 cm³/mol. The van der Waals surface area contributed by atoms with Gasteiger partial charge in [0.1, 0.15) is 16.4 Å². The second kappa shape index (κ2) is 8.34. The number of nitrogens with two attached hydrogens (primary N) is 1. The van der Waals surface area contributed by atoms with Crippen LogP contribution < -0.4 is 5.73 Å². The summed E-state index contributed by atoms with van der Waals surface area (Å²) in [5.41, 5.74) is 5.60. The molecular weight excluding hydrogens is 494 g/mol. The molecule has 11 heteroatoms. The van der Waals surface area contributed by atoms with Gasteiger partial charge in [0, 0.05) is 30.6 Å². The van der Waals surface area contributed by atoms with E-state index in [0.29, 0.717) is 12.0 Å². The summed E-state index contributed by atoms with van der Waals surface area (Å²) in [6.45, 7) is 7.93. The number of carbonyl (C=O) groups is 1. The van der Waals surface area contributed by atoms with E-state index in [1.165, 1.54) is 42.6 Å². The molecule has 0 radical (unpaired) electrons. The zero-order chi connectivity index (χ0) is 25.9. The van der Waals surface area contributed by atoms with Crippen molar-refractivity contribution in [3.63, 3.8) is 0 Å². The number of thioether (sulfide) groups is 1. The van der Waals surface area contributed by atoms with Gasteiger partial charge >= 0.3 is 0 Å². The number of alkyl halides is 2. The Bertz CT molecular complexity index is 1360. The van der Waals surface area contributed by atoms with E-state index in [1.807, 2.05) is 0 Å². The molecule has 2 fully saturated rings. The van der Waals surface area contributed by atoms with Gasteiger partial charge in [0.15, 0.2) is 5.17 Å². The molecule has 1 saturated heterocycles. The Labute approximate surface area is 209 Å². The summed E-state index contributed by atoms with van der Waals surface area (Å²) in [4.78, 5) is 26.1. The van der Waals surface area contributed by atoms with Crippen molar-refractivity contribution in [3.05, 3.63) is 70.6 Å². The number of aromatic nitrogens is 1. The number of hydrogen-bond acceptors (Lipinski definition) is 5. The minimum atomic E-state index is -2.93. The molecule has 2 N–H and O–H groups in total. The Morgan fingerprint density at radius 3 is 2.75 bits per heavy atom. The Kier molecular flexibility index (Phi) is 5.63. The highest BCUT2D eigenvalue weighted by molar-refractivity contribution is 8.15. The summed E-state index contributed by atoms with van der Waals surface area (Å²) in [6.07, 6.45) is 2.36. The van der Waals surface area contributed by atoms with E-state index in [1.54, 1.807) is 6.92 Å². The van der Waals surface area contributed by atoms with Crippen LogP contribution >= 0.6 is 11.8 Å². The van der Waals surface area contributed by atoms with E-state index in [0.717, 1.165) is 16.7 Å². The molecule has 0 spiro atoms. The number of amidine groups is 1. The summed E-state index contributed by atoms with van der Waals surface area (Å²) in [5, 5.41) is 0.0705. The van der Waals surface area contributed by atoms with Crippen LogP contribution in [0.4, 0.5) is 23.2 Å². The van der Waals surface area contributed by atoms with Gasteiger partial charge in [-0.3, -0.25) is 14.8 Å². The Morgan fingerprint density at radius 2 is 2.11 bits per heavy atom. The highest BCUT2D eigenvalue weighted by Gasteiger charge is 2.71. The molecule has 3 heterocycles. The standard InChI is InChI=1S/C25H21F4N5OS/c1-23(20-11-25(20,36-22(30)33-23)21(35)34-8-7-24(28,29)13-34)16-9-14(3-5-17(16)26)10-18(27)19-6-4-15(31-2)12-32-19/h3-6,9-10,12,20H,7-8,11,13H2,1H3,(H2,30,33)/b18-10-/t20-,23+,25-/m0/s1. The first kappa shape index (κ1) is 24.3. The van der Waals surface area contributed by atoms with Crippen molar-refractivity contribution in [1.29, 1.82) is 0 Å². The molecule has 3 atom stereocenters. The number of rotatable bonds is 4. The predicted octanol–water partition coefficient (Wildman–Crippen LogP) is 5.14. The summed E-state index contributed by atoms with van der Waals surface area (Å²) >= 11 is 1.04. The van der Waals surface area contributed by atoms with Crippen LogP contribution in [0.25, 0.3) is 16.7 Å². The van der Waals surface area contributed by atoms with E-state index >= 15 is 4.39 Å². The van der Waals surface area contributed by atoms with Gasteiger partial charge in [-0.25, -0.2) is 22.4 Å². The smallest absolute Gasteiger partial charge is 0.267 e. The van der Waals surface area contributed by atoms with E-state index in [-0.39, 0.29) is 28.7 Å². The highest BCUT2D eigenvalue weighted by Crippen LogP contribution is 2.66. The molecule has 1 aromatic heterocycles. The van der Waals surface area contributed by atoms with Gasteiger partial charge in [-0.05, 0) is 43.2 Å². The van der Waals surface area contributed by atoms with Gasteiger partial charge in [0.05, 0.1) is 24.3 Å². The quantitative estimate of drug-likeness (QED) is 0.452. The van der Waals surface area contributed by atoms with Gasteiger partial charge in [-0.15, -0.1) is 0 Å². The fourth-order valence-corrected chi connectivity index (χ4v) is 6.51. The van der Waals surface area contributed by atoms with Gasteiger partial charge in [-0.1, -0.05) is 23.9 Å². The number of pyridine rings is 1. The minimum absolute atomic E-state index is 0.0186. The Morgan fingerprint density at radius 1 is 1.33 bits per heavy atom. The summed E-state index contributed by atoms with van der Waals surface area (Å²) in [7, 11) is 0. The maximum atomic E-state index is 15.1. The fraction of sp³-hybridized carbons (Fsp3) is 0.360. The Hall–Kier alpha value is -3.39. The van der Waals surface area contributed by atoms with E-state index in [2.05, 4.69) is 14.8 Å². The molecule has 2 aromatic rings. The lowest BCUT2D eigenvalue weighted by Crippen LogP contribution is -2.46. The molecule has 186 valence electrons. The lowest BCUT2D eigenvalue weighted by Gasteiger charge is -2.35. The molecule has 5 rings (SSSR count). The molecule has 3 aliphatic rings. The SMILES string of the molecule is [C-]#[N+]c1ccc(/C(F)=C/c2ccc(F)c([C@@]3(C)N=C(N)S[C@@]4(C(=O)N5CCC(F)(F)C5)C[C@H]43)c2)nc1. The Balaban J connectivity index is 1.47. The van der Waals surface area contributed by atoms with Crippen molar-refractivity contribution >= 4 is 40.4 Å². The maximum absolute atomic E-state index is 15.1. The van der Waals surface area contributed by atoms with Crippen molar-refractivity contribution in [2.45, 2.75) is 36.0 Å². The van der Waals surface area contributed by atoms with Crippen LogP contribution in [0.15, 0.2) is 41.5 Å². The lowest BCUT2D eigenvalue weighted by atomic mass is 9.84. The van der Waals surface area contributed by atoms with Crippen LogP contribution in [-0.2, 0) is 10.3 Å². The number of aliphatic imine (C=N–C) groups is 1. The highest BCUT2D eigenvalue weighted by atomic mass is 32.2. The third kappa shape index (κ3) is 4.03. The first-order chi connectivity index (χ1) is 17.0. The molecule has 0 unspecified atom stereocenters. The summed E-state index contributed by atoms with van der Waals surface area (Å²) < 4.78 is 56.4. The fourth-order valence-electron chi connectivity index (χ4n) is 5.07. The van der Waals surface area contributed by atoms with Gasteiger partial charge in [0.25, 0.3) is 5.92 Å². The van der Waals surface area contributed by atoms with Crippen LogP contribution in [0, 0.1) is 18.3 Å². The molecular formula is C25H21F4N5OS. The number of amides is 1. The zero-order valence-corrected chi connectivity index (χ0v) is 20.0. The topological polar surface area (TPSA) is 75.9 Å². The largest absolute Gasteiger partial charge is 0.378 e. The number of benzene rings is 1. The molecule has 36 heavy (non-hydrogen) atoms. The van der Waals surface area contributed by atoms with Crippen molar-refractivity contribution in [2.75, 3.05) is 13.1 Å². The number of nitrogens with zero attached hydrogens (tertiary/aromatic N) is 4. The van der Waals surface area contributed by atoms with Gasteiger partial charge in [0.2, 0.25) is 11.6 Å². The number of likely N-dealkylation sites (tertiary alicyclic amines) is 1. The van der Waals surface area contributed by atoms with Crippen LogP contribution in [0.3, 0.4) is 0 Å². The van der Waals surface area contributed by atoms with Crippen molar-refractivity contribution < 1.29 is 22.4 Å². The monoisotopic (exact) mass is 515 g/mol. The number of hydrogen-bond donors (Lipinski definition) is 1. The van der Waals surface area contributed by atoms with Crippen LogP contribution in [0.1, 0.15) is 36.6 Å². The molecule has 2 aliphatic heterocycles. The molecule has 6 nitrogen and oxygen atoms in total. The third-order valence-electron chi connectivity index (χ3n) is 6.99. The first-order valence-corrected chi connectivity index (χ1v) is 12.0. The van der Waals surface area contributed by atoms with Crippen LogP contribution in [-0.4, -0.2) is 44.7 Å². The normalized spacial score (nSPS) is 28.8. The second-order valence-electron chi connectivity index (χ2n) is 9.42. The third-order valence-corrected chi connectivity index (χ3v) is 8.28. The second-order valence-corrected chi connectivity index (χ2v) is 10.8. The average molecular weight is 516 g/mol. The van der Waals surface area contributed by atoms with Crippen LogP contribution in [0.5, 0.6) is 0 Å². The number of halogens is 4. The van der Waals surface area contributed by atoms with Gasteiger partial charge in [-0.2, -0.15) is 0 Å². The van der Waals surface area contributed by atoms with Crippen molar-refractivity contribution in [1.82, 2.24) is 9.88 Å². The molecule has 1 saturated carbocycles. The molecule has 1 amide bonds. The van der Waals surface area contributed by atoms with Crippen molar-refractivity contribution in [3.8, 4) is 0 Å². The van der Waals surface area contributed by atoms with E-state index < -0.39 is 52.6 Å². The van der Waals surface area contributed by atoms with E-state index in [4.69, 9.17) is 12.3 Å². The molecule has 0 bridgehead atoms. The van der Waals surface area contributed by atoms with Crippen molar-refractivity contribution in [2.24, 2.45) is 16.6 Å². The molecule has 1 aliphatic carbocycles. The summed E-state index contributed by atoms with van der Waals surface area (Å²) in [5.74, 6) is -5.11. The van der Waals surface area contributed by atoms with Gasteiger partial charge < -0.3 is 10.6 Å². The summed E-state index contributed by atoms with van der Waals surface area (Å²) in [6, 6.07) is 6.86. The maximum Gasteiger partial charge on any atom is 0.267 e. The molecule has 1 aromatic carbocycles.